The van der Waals surface area contributed by atoms with E-state index in [0.717, 1.165) is 16.9 Å². The van der Waals surface area contributed by atoms with Gasteiger partial charge in [0.25, 0.3) is 0 Å². The first-order chi connectivity index (χ1) is 11.3. The van der Waals surface area contributed by atoms with Crippen LogP contribution < -0.4 is 5.43 Å². The van der Waals surface area contributed by atoms with Gasteiger partial charge in [0.2, 0.25) is 0 Å². The number of rotatable bonds is 4. The Kier molecular flexibility index (Phi) is 4.46. The minimum absolute atomic E-state index is 0.275. The zero-order valence-electron chi connectivity index (χ0n) is 12.5. The Bertz CT molecular complexity index is 858. The Balaban J connectivity index is 1.83. The van der Waals surface area contributed by atoms with Gasteiger partial charge < -0.3 is 0 Å². The molecule has 1 N–H and O–H groups in total. The van der Waals surface area contributed by atoms with E-state index in [0.29, 0.717) is 5.01 Å². The molecule has 1 aromatic heterocycles. The SMILES string of the molecule is Cc1ccc(-c2csc(C(C#N)=NNc3ccccc3)n2)cc1. The molecule has 3 rings (SSSR count). The van der Waals surface area contributed by atoms with Gasteiger partial charge in [-0.3, -0.25) is 5.43 Å². The van der Waals surface area contributed by atoms with Crippen LogP contribution in [0.1, 0.15) is 10.6 Å². The molecule has 5 heteroatoms. The number of nitriles is 1. The number of benzene rings is 2. The number of para-hydroxylation sites is 1. The third kappa shape index (κ3) is 3.62. The van der Waals surface area contributed by atoms with E-state index in [1.54, 1.807) is 0 Å². The van der Waals surface area contributed by atoms with Gasteiger partial charge in [-0.05, 0) is 19.1 Å². The second-order valence-corrected chi connectivity index (χ2v) is 5.81. The van der Waals surface area contributed by atoms with Crippen LogP contribution in [0.5, 0.6) is 0 Å². The summed E-state index contributed by atoms with van der Waals surface area (Å²) in [6.45, 7) is 2.05. The van der Waals surface area contributed by atoms with Crippen molar-refractivity contribution in [2.24, 2.45) is 5.10 Å². The summed E-state index contributed by atoms with van der Waals surface area (Å²) in [7, 11) is 0. The Labute approximate surface area is 138 Å². The molecule has 0 aliphatic carbocycles. The van der Waals surface area contributed by atoms with Crippen LogP contribution in [-0.2, 0) is 0 Å². The summed E-state index contributed by atoms with van der Waals surface area (Å²) in [5.41, 5.74) is 7.08. The molecule has 0 amide bonds. The number of aryl methyl sites for hydroxylation is 1. The van der Waals surface area contributed by atoms with Crippen LogP contribution >= 0.6 is 11.3 Å². The third-order valence-electron chi connectivity index (χ3n) is 3.23. The molecule has 0 unspecified atom stereocenters. The topological polar surface area (TPSA) is 61.1 Å². The summed E-state index contributed by atoms with van der Waals surface area (Å²) in [4.78, 5) is 4.52. The summed E-state index contributed by atoms with van der Waals surface area (Å²) >= 11 is 1.41. The van der Waals surface area contributed by atoms with Crippen molar-refractivity contribution in [3.63, 3.8) is 0 Å². The van der Waals surface area contributed by atoms with Gasteiger partial charge in [-0.1, -0.05) is 48.0 Å². The molecule has 0 saturated heterocycles. The number of nitrogens with zero attached hydrogens (tertiary/aromatic N) is 3. The predicted molar refractivity (Wildman–Crippen MR) is 94.5 cm³/mol. The number of anilines is 1. The van der Waals surface area contributed by atoms with Crippen LogP contribution in [0.25, 0.3) is 11.3 Å². The van der Waals surface area contributed by atoms with Gasteiger partial charge in [-0.15, -0.1) is 11.3 Å². The van der Waals surface area contributed by atoms with Crippen LogP contribution in [0.2, 0.25) is 0 Å². The fraction of sp³-hybridized carbons (Fsp3) is 0.0556. The van der Waals surface area contributed by atoms with E-state index < -0.39 is 0 Å². The molecular formula is C18H14N4S. The Morgan fingerprint density at radius 3 is 2.57 bits per heavy atom. The number of nitrogens with one attached hydrogen (secondary N) is 1. The predicted octanol–water partition coefficient (Wildman–Crippen LogP) is 4.46. The van der Waals surface area contributed by atoms with Crippen molar-refractivity contribution in [2.45, 2.75) is 6.92 Å². The maximum absolute atomic E-state index is 9.32. The van der Waals surface area contributed by atoms with E-state index >= 15 is 0 Å². The summed E-state index contributed by atoms with van der Waals surface area (Å²) in [5, 5.41) is 16.0. The van der Waals surface area contributed by atoms with Crippen molar-refractivity contribution in [3.8, 4) is 17.3 Å². The van der Waals surface area contributed by atoms with Crippen LogP contribution in [0, 0.1) is 18.3 Å². The first kappa shape index (κ1) is 14.9. The first-order valence-corrected chi connectivity index (χ1v) is 7.96. The Hall–Kier alpha value is -2.97. The second-order valence-electron chi connectivity index (χ2n) is 4.95. The average Bonchev–Trinajstić information content (AvgIpc) is 3.07. The molecule has 0 aliphatic rings. The minimum Gasteiger partial charge on any atom is -0.277 e. The molecular weight excluding hydrogens is 304 g/mol. The van der Waals surface area contributed by atoms with E-state index in [-0.39, 0.29) is 5.71 Å². The molecule has 0 atom stereocenters. The molecule has 0 aliphatic heterocycles. The van der Waals surface area contributed by atoms with Gasteiger partial charge in [0.15, 0.2) is 10.7 Å². The van der Waals surface area contributed by atoms with Crippen molar-refractivity contribution in [1.82, 2.24) is 4.98 Å². The van der Waals surface area contributed by atoms with Gasteiger partial charge in [0.1, 0.15) is 6.07 Å². The highest BCUT2D eigenvalue weighted by molar-refractivity contribution is 7.12. The van der Waals surface area contributed by atoms with Crippen LogP contribution in [0.15, 0.2) is 65.1 Å². The Morgan fingerprint density at radius 1 is 1.13 bits per heavy atom. The Morgan fingerprint density at radius 2 is 1.87 bits per heavy atom. The zero-order valence-corrected chi connectivity index (χ0v) is 13.3. The second kappa shape index (κ2) is 6.86. The van der Waals surface area contributed by atoms with Gasteiger partial charge in [0, 0.05) is 10.9 Å². The zero-order chi connectivity index (χ0) is 16.1. The molecule has 1 heterocycles. The number of hydrazone groups is 1. The summed E-state index contributed by atoms with van der Waals surface area (Å²) in [6.07, 6.45) is 0. The number of aromatic nitrogens is 1. The molecule has 0 radical (unpaired) electrons. The number of hydrogen-bond acceptors (Lipinski definition) is 5. The molecule has 0 saturated carbocycles. The van der Waals surface area contributed by atoms with Crippen LogP contribution in [0.4, 0.5) is 5.69 Å². The quantitative estimate of drug-likeness (QED) is 0.571. The van der Waals surface area contributed by atoms with Crippen LogP contribution in [0.3, 0.4) is 0 Å². The molecule has 2 aromatic carbocycles. The highest BCUT2D eigenvalue weighted by atomic mass is 32.1. The van der Waals surface area contributed by atoms with Crippen molar-refractivity contribution >= 4 is 22.7 Å². The largest absolute Gasteiger partial charge is 0.277 e. The fourth-order valence-corrected chi connectivity index (χ4v) is 2.76. The van der Waals surface area contributed by atoms with Gasteiger partial charge >= 0.3 is 0 Å². The van der Waals surface area contributed by atoms with Gasteiger partial charge in [-0.2, -0.15) is 10.4 Å². The van der Waals surface area contributed by atoms with E-state index in [2.05, 4.69) is 21.6 Å². The van der Waals surface area contributed by atoms with E-state index in [4.69, 9.17) is 0 Å². The van der Waals surface area contributed by atoms with Gasteiger partial charge in [0.05, 0.1) is 11.4 Å². The summed E-state index contributed by atoms with van der Waals surface area (Å²) in [5.74, 6) is 0. The lowest BCUT2D eigenvalue weighted by Crippen LogP contribution is -2.01. The van der Waals surface area contributed by atoms with Gasteiger partial charge in [-0.25, -0.2) is 4.98 Å². The van der Waals surface area contributed by atoms with Crippen molar-refractivity contribution < 1.29 is 0 Å². The van der Waals surface area contributed by atoms with Crippen molar-refractivity contribution in [3.05, 3.63) is 70.5 Å². The number of hydrogen-bond donors (Lipinski definition) is 1. The van der Waals surface area contributed by atoms with E-state index in [9.17, 15) is 5.26 Å². The molecule has 4 nitrogen and oxygen atoms in total. The summed E-state index contributed by atoms with van der Waals surface area (Å²) < 4.78 is 0. The maximum Gasteiger partial charge on any atom is 0.196 e. The minimum atomic E-state index is 0.275. The fourth-order valence-electron chi connectivity index (χ4n) is 1.99. The highest BCUT2D eigenvalue weighted by Gasteiger charge is 2.10. The molecule has 0 spiro atoms. The number of thiazole rings is 1. The molecule has 23 heavy (non-hydrogen) atoms. The summed E-state index contributed by atoms with van der Waals surface area (Å²) in [6, 6.07) is 19.8. The lowest BCUT2D eigenvalue weighted by atomic mass is 10.1. The average molecular weight is 318 g/mol. The van der Waals surface area contributed by atoms with Crippen molar-refractivity contribution in [1.29, 1.82) is 5.26 Å². The molecule has 3 aromatic rings. The molecule has 0 fully saturated rings. The molecule has 0 bridgehead atoms. The van der Waals surface area contributed by atoms with Crippen LogP contribution in [-0.4, -0.2) is 10.7 Å². The maximum atomic E-state index is 9.32. The normalized spacial score (nSPS) is 11.0. The third-order valence-corrected chi connectivity index (χ3v) is 4.08. The molecule has 112 valence electrons. The van der Waals surface area contributed by atoms with E-state index in [1.807, 2.05) is 66.9 Å². The lowest BCUT2D eigenvalue weighted by Gasteiger charge is -1.99. The van der Waals surface area contributed by atoms with Crippen molar-refractivity contribution in [2.75, 3.05) is 5.43 Å². The lowest BCUT2D eigenvalue weighted by molar-refractivity contribution is 1.31. The monoisotopic (exact) mass is 318 g/mol. The standard InChI is InChI=1S/C18H14N4S/c1-13-7-9-14(10-8-13)17-12-23-18(20-17)16(11-19)22-21-15-5-3-2-4-6-15/h2-10,12,21H,1H3. The highest BCUT2D eigenvalue weighted by Crippen LogP contribution is 2.22. The van der Waals surface area contributed by atoms with E-state index in [1.165, 1.54) is 16.9 Å². The first-order valence-electron chi connectivity index (χ1n) is 7.08. The smallest absolute Gasteiger partial charge is 0.196 e.